The van der Waals surface area contributed by atoms with Crippen molar-refractivity contribution in [2.45, 2.75) is 44.9 Å². The number of benzene rings is 2. The van der Waals surface area contributed by atoms with Gasteiger partial charge in [-0.25, -0.2) is 0 Å². The second-order valence-electron chi connectivity index (χ2n) is 10.6. The van der Waals surface area contributed by atoms with Gasteiger partial charge in [0.05, 0.1) is 12.1 Å². The van der Waals surface area contributed by atoms with E-state index in [1.807, 2.05) is 24.3 Å². The molecule has 0 saturated carbocycles. The monoisotopic (exact) mass is 561 g/mol. The average Bonchev–Trinajstić information content (AvgIpc) is 3.37. The summed E-state index contributed by atoms with van der Waals surface area (Å²) in [5.41, 5.74) is 5.09. The van der Waals surface area contributed by atoms with E-state index in [0.29, 0.717) is 17.3 Å². The molecule has 2 aromatic carbocycles. The third-order valence-corrected chi connectivity index (χ3v) is 7.55. The zero-order valence-electron chi connectivity index (χ0n) is 23.6. The molecule has 1 aromatic heterocycles. The molecule has 1 saturated heterocycles. The zero-order chi connectivity index (χ0) is 29.3. The number of aromatic amines is 1. The number of aromatic nitrogens is 1. The highest BCUT2D eigenvalue weighted by atomic mass is 16.5. The molecule has 1 atom stereocenters. The van der Waals surface area contributed by atoms with Crippen LogP contribution >= 0.6 is 0 Å². The Balaban J connectivity index is 1.27. The van der Waals surface area contributed by atoms with Crippen LogP contribution in [0.25, 0.3) is 23.0 Å². The summed E-state index contributed by atoms with van der Waals surface area (Å²) in [6.45, 7) is 5.02. The number of carbonyl (C=O) groups is 2. The van der Waals surface area contributed by atoms with E-state index in [2.05, 4.69) is 40.6 Å². The fraction of sp³-hybridized carbons (Fsp3) is 0.294. The lowest BCUT2D eigenvalue weighted by Gasteiger charge is -2.20. The van der Waals surface area contributed by atoms with Crippen LogP contribution in [0.5, 0.6) is 0 Å². The Hall–Kier alpha value is -4.74. The molecule has 0 aliphatic carbocycles. The van der Waals surface area contributed by atoms with Gasteiger partial charge in [-0.1, -0.05) is 43.3 Å². The Bertz CT molecular complexity index is 1630. The highest BCUT2D eigenvalue weighted by Gasteiger charge is 2.18. The summed E-state index contributed by atoms with van der Waals surface area (Å²) >= 11 is 0. The number of aliphatic imine (C=N–C) groups is 1. The van der Waals surface area contributed by atoms with Crippen molar-refractivity contribution in [3.8, 4) is 17.3 Å². The van der Waals surface area contributed by atoms with E-state index in [9.17, 15) is 9.59 Å². The van der Waals surface area contributed by atoms with Crippen LogP contribution in [-0.2, 0) is 20.7 Å². The molecule has 1 fully saturated rings. The third-order valence-electron chi connectivity index (χ3n) is 7.55. The maximum absolute atomic E-state index is 12.7. The predicted octanol–water partition coefficient (Wildman–Crippen LogP) is 4.84. The van der Waals surface area contributed by atoms with Crippen molar-refractivity contribution in [3.63, 3.8) is 0 Å². The molecule has 5 rings (SSSR count). The summed E-state index contributed by atoms with van der Waals surface area (Å²) < 4.78 is 5.78. The Morgan fingerprint density at radius 1 is 1.00 bits per heavy atom. The molecule has 0 radical (unpaired) electrons. The lowest BCUT2D eigenvalue weighted by Crippen LogP contribution is -2.28. The van der Waals surface area contributed by atoms with E-state index < -0.39 is 5.91 Å². The summed E-state index contributed by atoms with van der Waals surface area (Å²) in [5, 5.41) is 16.6. The van der Waals surface area contributed by atoms with Crippen molar-refractivity contribution < 1.29 is 14.3 Å². The van der Waals surface area contributed by atoms with Crippen molar-refractivity contribution in [3.05, 3.63) is 82.9 Å². The van der Waals surface area contributed by atoms with Gasteiger partial charge in [0.15, 0.2) is 0 Å². The van der Waals surface area contributed by atoms with E-state index in [4.69, 9.17) is 15.0 Å². The normalized spacial score (nSPS) is 19.7. The summed E-state index contributed by atoms with van der Waals surface area (Å²) in [5.74, 6) is -0.311. The molecule has 3 N–H and O–H groups in total. The quantitative estimate of drug-likeness (QED) is 0.282. The molecular formula is C34H35N5O3. The van der Waals surface area contributed by atoms with Crippen LogP contribution in [0.2, 0.25) is 0 Å². The number of amides is 2. The first-order chi connectivity index (χ1) is 20.5. The molecule has 8 nitrogen and oxygen atoms in total. The van der Waals surface area contributed by atoms with Gasteiger partial charge in [0.25, 0.3) is 5.91 Å². The summed E-state index contributed by atoms with van der Waals surface area (Å²) in [6, 6.07) is 18.7. The minimum Gasteiger partial charge on any atom is -0.381 e. The largest absolute Gasteiger partial charge is 0.381 e. The highest BCUT2D eigenvalue weighted by molar-refractivity contribution is 6.06. The van der Waals surface area contributed by atoms with Crippen LogP contribution in [0.4, 0.5) is 11.4 Å². The Morgan fingerprint density at radius 3 is 2.55 bits per heavy atom. The summed E-state index contributed by atoms with van der Waals surface area (Å²) in [6.07, 6.45) is 10.7. The molecule has 2 aliphatic heterocycles. The van der Waals surface area contributed by atoms with Crippen LogP contribution in [0.15, 0.2) is 71.7 Å². The average molecular weight is 562 g/mol. The molecule has 8 heteroatoms. The number of H-pyrrole nitrogens is 1. The number of nitriles is 1. The fourth-order valence-corrected chi connectivity index (χ4v) is 5.29. The number of rotatable bonds is 7. The zero-order valence-corrected chi connectivity index (χ0v) is 23.6. The second kappa shape index (κ2) is 13.7. The van der Waals surface area contributed by atoms with Crippen LogP contribution in [0.1, 0.15) is 44.1 Å². The molecule has 2 amide bonds. The third kappa shape index (κ3) is 7.31. The van der Waals surface area contributed by atoms with E-state index in [0.717, 1.165) is 79.6 Å². The minimum atomic E-state index is -0.549. The number of nitrogens with one attached hydrogen (secondary N) is 3. The topological polar surface area (TPSA) is 119 Å². The first-order valence-electron chi connectivity index (χ1n) is 14.4. The number of anilines is 2. The SMILES string of the molecule is C=C(C#N)C(=O)Nc1ccc(CC(=O)Nc2ccc(-c3cc4/c([nH]3)=C\CC/C=N\C=4C3CCCCOCC3)cc2)cc1. The van der Waals surface area contributed by atoms with E-state index in [-0.39, 0.29) is 17.9 Å². The molecule has 0 spiro atoms. The molecular weight excluding hydrogens is 526 g/mol. The smallest absolute Gasteiger partial charge is 0.265 e. The Kier molecular flexibility index (Phi) is 9.42. The maximum Gasteiger partial charge on any atom is 0.265 e. The highest BCUT2D eigenvalue weighted by Crippen LogP contribution is 2.26. The molecule has 3 heterocycles. The van der Waals surface area contributed by atoms with Gasteiger partial charge in [0.2, 0.25) is 5.91 Å². The second-order valence-corrected chi connectivity index (χ2v) is 10.6. The maximum atomic E-state index is 12.7. The summed E-state index contributed by atoms with van der Waals surface area (Å²) in [4.78, 5) is 33.1. The van der Waals surface area contributed by atoms with Gasteiger partial charge >= 0.3 is 0 Å². The van der Waals surface area contributed by atoms with E-state index in [1.165, 1.54) is 5.22 Å². The van der Waals surface area contributed by atoms with Gasteiger partial charge in [0, 0.05) is 53.0 Å². The summed E-state index contributed by atoms with van der Waals surface area (Å²) in [7, 11) is 0. The van der Waals surface area contributed by atoms with Gasteiger partial charge in [-0.15, -0.1) is 0 Å². The number of hydrogen-bond donors (Lipinski definition) is 3. The first kappa shape index (κ1) is 28.8. The number of carbonyl (C=O) groups excluding carboxylic acids is 2. The van der Waals surface area contributed by atoms with Crippen LogP contribution < -0.4 is 21.2 Å². The van der Waals surface area contributed by atoms with Gasteiger partial charge in [0.1, 0.15) is 11.6 Å². The first-order valence-corrected chi connectivity index (χ1v) is 14.4. The molecule has 42 heavy (non-hydrogen) atoms. The van der Waals surface area contributed by atoms with E-state index in [1.54, 1.807) is 30.3 Å². The van der Waals surface area contributed by atoms with Gasteiger partial charge in [-0.2, -0.15) is 5.26 Å². The molecule has 3 aromatic rings. The van der Waals surface area contributed by atoms with Crippen LogP contribution in [0.3, 0.4) is 0 Å². The van der Waals surface area contributed by atoms with Gasteiger partial charge in [-0.3, -0.25) is 14.6 Å². The van der Waals surface area contributed by atoms with Crippen LogP contribution in [-0.4, -0.2) is 36.2 Å². The standard InChI is InChI=1S/C34H35N5O3/c1-23(22-35)34(41)38-28-12-8-24(9-13-28)20-32(40)37-27-14-10-25(11-15-27)31-21-29-30(39-31)7-2-4-17-36-33(29)26-6-3-5-18-42-19-16-26/h7-15,17,21,26,39H,1-6,16,18-20H2,(H,37,40)(H,38,41)/b30-7+,33-29-,36-17-. The Labute approximate surface area is 245 Å². The number of ether oxygens (including phenoxy) is 1. The van der Waals surface area contributed by atoms with Gasteiger partial charge < -0.3 is 20.4 Å². The molecule has 214 valence electrons. The lowest BCUT2D eigenvalue weighted by atomic mass is 9.93. The van der Waals surface area contributed by atoms with Crippen molar-refractivity contribution in [2.75, 3.05) is 23.8 Å². The minimum absolute atomic E-state index is 0.143. The van der Waals surface area contributed by atoms with Crippen molar-refractivity contribution >= 4 is 41.2 Å². The van der Waals surface area contributed by atoms with Crippen molar-refractivity contribution in [1.29, 1.82) is 5.26 Å². The van der Waals surface area contributed by atoms with Crippen molar-refractivity contribution in [2.24, 2.45) is 10.9 Å². The van der Waals surface area contributed by atoms with Crippen LogP contribution in [0, 0.1) is 17.2 Å². The predicted molar refractivity (Wildman–Crippen MR) is 166 cm³/mol. The van der Waals surface area contributed by atoms with Crippen molar-refractivity contribution in [1.82, 2.24) is 4.98 Å². The molecule has 0 bridgehead atoms. The Morgan fingerprint density at radius 2 is 1.76 bits per heavy atom. The molecule has 2 aliphatic rings. The van der Waals surface area contributed by atoms with E-state index >= 15 is 0 Å². The fourth-order valence-electron chi connectivity index (χ4n) is 5.29. The molecule has 1 unspecified atom stereocenters. The number of nitrogens with zero attached hydrogens (tertiary/aromatic N) is 2. The lowest BCUT2D eigenvalue weighted by molar-refractivity contribution is -0.115. The number of fused-ring (bicyclic) bond motifs is 1. The number of hydrogen-bond acceptors (Lipinski definition) is 5. The van der Waals surface area contributed by atoms with Gasteiger partial charge in [-0.05, 0) is 73.6 Å².